The average Bonchev–Trinajstić information content (AvgIpc) is 2.73. The lowest BCUT2D eigenvalue weighted by atomic mass is 10.1. The Morgan fingerprint density at radius 1 is 1.61 bits per heavy atom. The minimum Gasteiger partial charge on any atom is -0.336 e. The van der Waals surface area contributed by atoms with Crippen molar-refractivity contribution in [1.29, 1.82) is 0 Å². The second-order valence-electron chi connectivity index (χ2n) is 4.77. The Kier molecular flexibility index (Phi) is 4.30. The Morgan fingerprint density at radius 2 is 2.33 bits per heavy atom. The quantitative estimate of drug-likeness (QED) is 0.905. The van der Waals surface area contributed by atoms with Crippen LogP contribution in [0.1, 0.15) is 23.7 Å². The molecule has 0 spiro atoms. The fourth-order valence-electron chi connectivity index (χ4n) is 2.39. The molecule has 5 heteroatoms. The number of nitrogens with zero attached hydrogens (tertiary/aromatic N) is 1. The van der Waals surface area contributed by atoms with Gasteiger partial charge in [0.1, 0.15) is 0 Å². The second kappa shape index (κ2) is 5.59. The molecule has 1 aromatic carbocycles. The van der Waals surface area contributed by atoms with Crippen molar-refractivity contribution in [3.05, 3.63) is 33.3 Å². The molecule has 0 aromatic heterocycles. The van der Waals surface area contributed by atoms with Crippen molar-refractivity contribution in [2.75, 3.05) is 13.1 Å². The van der Waals surface area contributed by atoms with Gasteiger partial charge in [-0.1, -0.05) is 11.6 Å². The van der Waals surface area contributed by atoms with E-state index in [1.807, 2.05) is 4.90 Å². The molecule has 1 heterocycles. The summed E-state index contributed by atoms with van der Waals surface area (Å²) in [6, 6.07) is 5.52. The van der Waals surface area contributed by atoms with E-state index in [1.165, 1.54) is 0 Å². The maximum absolute atomic E-state index is 12.4. The summed E-state index contributed by atoms with van der Waals surface area (Å²) in [7, 11) is 0. The molecule has 1 fully saturated rings. The zero-order chi connectivity index (χ0) is 13.3. The lowest BCUT2D eigenvalue weighted by Crippen LogP contribution is -2.34. The van der Waals surface area contributed by atoms with Crippen molar-refractivity contribution in [3.63, 3.8) is 0 Å². The van der Waals surface area contributed by atoms with Gasteiger partial charge in [0.2, 0.25) is 0 Å². The van der Waals surface area contributed by atoms with E-state index in [2.05, 4.69) is 22.9 Å². The SMILES string of the molecule is CC1CC(CN)CN1C(=O)c1ccc(Cl)c(Br)c1. The highest BCUT2D eigenvalue weighted by Gasteiger charge is 2.32. The number of halogens is 2. The summed E-state index contributed by atoms with van der Waals surface area (Å²) in [5.74, 6) is 0.468. The molecule has 1 aromatic rings. The molecule has 1 amide bonds. The average molecular weight is 332 g/mol. The Balaban J connectivity index is 2.18. The van der Waals surface area contributed by atoms with Crippen LogP contribution >= 0.6 is 27.5 Å². The third kappa shape index (κ3) is 2.71. The minimum absolute atomic E-state index is 0.0517. The maximum Gasteiger partial charge on any atom is 0.254 e. The van der Waals surface area contributed by atoms with Gasteiger partial charge in [-0.25, -0.2) is 0 Å². The number of amides is 1. The summed E-state index contributed by atoms with van der Waals surface area (Å²) < 4.78 is 0.747. The first-order chi connectivity index (χ1) is 8.52. The van der Waals surface area contributed by atoms with Crippen molar-refractivity contribution in [1.82, 2.24) is 4.90 Å². The highest BCUT2D eigenvalue weighted by Crippen LogP contribution is 2.27. The van der Waals surface area contributed by atoms with Crippen molar-refractivity contribution in [2.24, 2.45) is 11.7 Å². The highest BCUT2D eigenvalue weighted by atomic mass is 79.9. The first-order valence-corrected chi connectivity index (χ1v) is 7.16. The standard InChI is InChI=1S/C13H16BrClN2O/c1-8-4-9(6-16)7-17(8)13(18)10-2-3-12(15)11(14)5-10/h2-3,5,8-9H,4,6-7,16H2,1H3. The molecule has 2 atom stereocenters. The molecular weight excluding hydrogens is 316 g/mol. The molecule has 18 heavy (non-hydrogen) atoms. The summed E-state index contributed by atoms with van der Waals surface area (Å²) >= 11 is 9.27. The Labute approximate surface area is 120 Å². The molecule has 1 saturated heterocycles. The van der Waals surface area contributed by atoms with Crippen LogP contribution in [0.3, 0.4) is 0 Å². The van der Waals surface area contributed by atoms with Gasteiger partial charge in [0.25, 0.3) is 5.91 Å². The van der Waals surface area contributed by atoms with Crippen molar-refractivity contribution < 1.29 is 4.79 Å². The Morgan fingerprint density at radius 3 is 2.89 bits per heavy atom. The second-order valence-corrected chi connectivity index (χ2v) is 6.03. The smallest absolute Gasteiger partial charge is 0.254 e. The van der Waals surface area contributed by atoms with Crippen LogP contribution in [-0.2, 0) is 0 Å². The van der Waals surface area contributed by atoms with Crippen LogP contribution in [0.2, 0.25) is 5.02 Å². The molecule has 3 nitrogen and oxygen atoms in total. The third-order valence-corrected chi connectivity index (χ3v) is 4.64. The van der Waals surface area contributed by atoms with Gasteiger partial charge in [0.05, 0.1) is 5.02 Å². The summed E-state index contributed by atoms with van der Waals surface area (Å²) in [5.41, 5.74) is 6.34. The van der Waals surface area contributed by atoms with Gasteiger partial charge < -0.3 is 10.6 Å². The predicted molar refractivity (Wildman–Crippen MR) is 76.8 cm³/mol. The van der Waals surface area contributed by atoms with E-state index >= 15 is 0 Å². The molecular formula is C13H16BrClN2O. The zero-order valence-electron chi connectivity index (χ0n) is 10.2. The molecule has 1 aliphatic heterocycles. The Bertz CT molecular complexity index is 466. The molecule has 0 radical (unpaired) electrons. The van der Waals surface area contributed by atoms with Gasteiger partial charge in [-0.15, -0.1) is 0 Å². The first-order valence-electron chi connectivity index (χ1n) is 5.99. The van der Waals surface area contributed by atoms with E-state index in [9.17, 15) is 4.79 Å². The Hall–Kier alpha value is -0.580. The van der Waals surface area contributed by atoms with E-state index < -0.39 is 0 Å². The number of benzene rings is 1. The van der Waals surface area contributed by atoms with Gasteiger partial charge >= 0.3 is 0 Å². The summed E-state index contributed by atoms with van der Waals surface area (Å²) in [4.78, 5) is 14.3. The number of carbonyl (C=O) groups is 1. The van der Waals surface area contributed by atoms with E-state index in [-0.39, 0.29) is 11.9 Å². The monoisotopic (exact) mass is 330 g/mol. The summed E-state index contributed by atoms with van der Waals surface area (Å²) in [5, 5.41) is 0.612. The topological polar surface area (TPSA) is 46.3 Å². The molecule has 2 rings (SSSR count). The van der Waals surface area contributed by atoms with Crippen LogP contribution in [-0.4, -0.2) is 29.9 Å². The third-order valence-electron chi connectivity index (χ3n) is 3.42. The van der Waals surface area contributed by atoms with Crippen LogP contribution in [0.15, 0.2) is 22.7 Å². The highest BCUT2D eigenvalue weighted by molar-refractivity contribution is 9.10. The zero-order valence-corrected chi connectivity index (χ0v) is 12.5. The fraction of sp³-hybridized carbons (Fsp3) is 0.462. The molecule has 2 N–H and O–H groups in total. The molecule has 0 saturated carbocycles. The number of likely N-dealkylation sites (tertiary alicyclic amines) is 1. The fourth-order valence-corrected chi connectivity index (χ4v) is 2.89. The molecule has 98 valence electrons. The molecule has 0 aliphatic carbocycles. The lowest BCUT2D eigenvalue weighted by Gasteiger charge is -2.21. The number of hydrogen-bond donors (Lipinski definition) is 1. The van der Waals surface area contributed by atoms with E-state index in [1.54, 1.807) is 18.2 Å². The number of carbonyl (C=O) groups excluding carboxylic acids is 1. The van der Waals surface area contributed by atoms with Crippen LogP contribution in [0.25, 0.3) is 0 Å². The molecule has 0 bridgehead atoms. The van der Waals surface area contributed by atoms with Crippen LogP contribution in [0.5, 0.6) is 0 Å². The summed E-state index contributed by atoms with van der Waals surface area (Å²) in [6.07, 6.45) is 0.983. The molecule has 1 aliphatic rings. The van der Waals surface area contributed by atoms with Crippen molar-refractivity contribution >= 4 is 33.4 Å². The van der Waals surface area contributed by atoms with Crippen LogP contribution in [0.4, 0.5) is 0 Å². The minimum atomic E-state index is 0.0517. The van der Waals surface area contributed by atoms with E-state index in [0.717, 1.165) is 17.4 Å². The predicted octanol–water partition coefficient (Wildman–Crippen LogP) is 2.91. The van der Waals surface area contributed by atoms with Gasteiger partial charge in [-0.05, 0) is 59.9 Å². The largest absolute Gasteiger partial charge is 0.336 e. The lowest BCUT2D eigenvalue weighted by molar-refractivity contribution is 0.0743. The van der Waals surface area contributed by atoms with E-state index in [4.69, 9.17) is 17.3 Å². The van der Waals surface area contributed by atoms with Crippen molar-refractivity contribution in [3.8, 4) is 0 Å². The maximum atomic E-state index is 12.4. The van der Waals surface area contributed by atoms with Crippen molar-refractivity contribution in [2.45, 2.75) is 19.4 Å². The van der Waals surface area contributed by atoms with Crippen LogP contribution < -0.4 is 5.73 Å². The first kappa shape index (κ1) is 13.8. The summed E-state index contributed by atoms with van der Waals surface area (Å²) in [6.45, 7) is 3.45. The van der Waals surface area contributed by atoms with Gasteiger partial charge in [0, 0.05) is 22.6 Å². The molecule has 2 unspecified atom stereocenters. The van der Waals surface area contributed by atoms with E-state index in [0.29, 0.717) is 23.0 Å². The normalized spacial score (nSPS) is 23.4. The van der Waals surface area contributed by atoms with Gasteiger partial charge in [-0.2, -0.15) is 0 Å². The number of rotatable bonds is 2. The van der Waals surface area contributed by atoms with Gasteiger partial charge in [-0.3, -0.25) is 4.79 Å². The van der Waals surface area contributed by atoms with Gasteiger partial charge in [0.15, 0.2) is 0 Å². The number of hydrogen-bond acceptors (Lipinski definition) is 2. The number of nitrogens with two attached hydrogens (primary N) is 1. The van der Waals surface area contributed by atoms with Crippen LogP contribution in [0, 0.1) is 5.92 Å².